The third-order valence-electron chi connectivity index (χ3n) is 1.36. The molecule has 0 aromatic carbocycles. The van der Waals surface area contributed by atoms with E-state index in [1.54, 1.807) is 0 Å². The zero-order chi connectivity index (χ0) is 6.69. The summed E-state index contributed by atoms with van der Waals surface area (Å²) in [6.07, 6.45) is 0. The Hall–Kier alpha value is -0.570. The molecule has 0 spiro atoms. The number of nitrogens with one attached hydrogen (secondary N) is 1. The van der Waals surface area contributed by atoms with Gasteiger partial charge in [-0.1, -0.05) is 0 Å². The third-order valence-corrected chi connectivity index (χ3v) is 1.36. The number of rotatable bonds is 2. The van der Waals surface area contributed by atoms with Crippen LogP contribution in [0.15, 0.2) is 0 Å². The zero-order valence-electron chi connectivity index (χ0n) is 5.52. The molecule has 1 N–H and O–H groups in total. The van der Waals surface area contributed by atoms with Crippen LogP contribution in [0.4, 0.5) is 0 Å². The van der Waals surface area contributed by atoms with Gasteiger partial charge in [-0.3, -0.25) is 4.79 Å². The summed E-state index contributed by atoms with van der Waals surface area (Å²) in [7, 11) is 0. The zero-order valence-corrected chi connectivity index (χ0v) is 5.52. The van der Waals surface area contributed by atoms with E-state index in [0.29, 0.717) is 13.2 Å². The maximum absolute atomic E-state index is 10.8. The van der Waals surface area contributed by atoms with Gasteiger partial charge < -0.3 is 10.1 Å². The van der Waals surface area contributed by atoms with Crippen LogP contribution in [0.25, 0.3) is 0 Å². The van der Waals surface area contributed by atoms with Crippen LogP contribution in [0.1, 0.15) is 6.92 Å². The lowest BCUT2D eigenvalue weighted by Gasteiger charge is -2.24. The van der Waals surface area contributed by atoms with Crippen molar-refractivity contribution in [1.82, 2.24) is 5.32 Å². The number of carbonyl (C=O) groups is 1. The highest BCUT2D eigenvalue weighted by molar-refractivity contribution is 5.79. The monoisotopic (exact) mass is 129 g/mol. The van der Waals surface area contributed by atoms with Gasteiger partial charge in [-0.05, 0) is 6.92 Å². The van der Waals surface area contributed by atoms with E-state index in [0.717, 1.165) is 6.54 Å². The Morgan fingerprint density at radius 3 is 2.78 bits per heavy atom. The molecule has 1 aliphatic rings. The second-order valence-corrected chi connectivity index (χ2v) is 2.13. The van der Waals surface area contributed by atoms with Crippen LogP contribution in [0, 0.1) is 5.92 Å². The van der Waals surface area contributed by atoms with Crippen LogP contribution in [-0.2, 0) is 9.53 Å². The van der Waals surface area contributed by atoms with E-state index in [-0.39, 0.29) is 11.8 Å². The van der Waals surface area contributed by atoms with Gasteiger partial charge >= 0.3 is 0 Å². The SMILES string of the molecule is CCNC(=O)C1COC1. The standard InChI is InChI=1S/C6H11NO2/c1-2-7-6(8)5-3-9-4-5/h5H,2-4H2,1H3,(H,7,8). The third kappa shape index (κ3) is 1.42. The van der Waals surface area contributed by atoms with E-state index in [1.165, 1.54) is 0 Å². The van der Waals surface area contributed by atoms with Crippen molar-refractivity contribution >= 4 is 5.91 Å². The molecular weight excluding hydrogens is 118 g/mol. The average molecular weight is 129 g/mol. The number of carbonyl (C=O) groups excluding carboxylic acids is 1. The average Bonchev–Trinajstić information content (AvgIpc) is 1.60. The van der Waals surface area contributed by atoms with Gasteiger partial charge in [-0.25, -0.2) is 0 Å². The van der Waals surface area contributed by atoms with Gasteiger partial charge in [0, 0.05) is 6.54 Å². The van der Waals surface area contributed by atoms with Crippen LogP contribution in [0.5, 0.6) is 0 Å². The van der Waals surface area contributed by atoms with Gasteiger partial charge in [0.05, 0.1) is 19.1 Å². The molecule has 0 aromatic heterocycles. The van der Waals surface area contributed by atoms with Gasteiger partial charge in [0.2, 0.25) is 5.91 Å². The summed E-state index contributed by atoms with van der Waals surface area (Å²) < 4.78 is 4.84. The molecule has 1 heterocycles. The Bertz CT molecular complexity index is 110. The predicted molar refractivity (Wildman–Crippen MR) is 33.0 cm³/mol. The largest absolute Gasteiger partial charge is 0.380 e. The summed E-state index contributed by atoms with van der Waals surface area (Å²) in [6.45, 7) is 3.84. The first kappa shape index (κ1) is 6.55. The lowest BCUT2D eigenvalue weighted by molar-refractivity contribution is -0.138. The van der Waals surface area contributed by atoms with Gasteiger partial charge in [-0.15, -0.1) is 0 Å². The molecule has 0 aromatic rings. The van der Waals surface area contributed by atoms with Crippen LogP contribution < -0.4 is 5.32 Å². The van der Waals surface area contributed by atoms with Crippen LogP contribution in [0.3, 0.4) is 0 Å². The minimum absolute atomic E-state index is 0.128. The molecule has 1 aliphatic heterocycles. The molecule has 0 atom stereocenters. The Morgan fingerprint density at radius 1 is 1.78 bits per heavy atom. The summed E-state index contributed by atoms with van der Waals surface area (Å²) in [5, 5.41) is 2.73. The summed E-state index contributed by atoms with van der Waals surface area (Å²) in [6, 6.07) is 0. The molecule has 3 nitrogen and oxygen atoms in total. The van der Waals surface area contributed by atoms with Crippen molar-refractivity contribution in [2.45, 2.75) is 6.92 Å². The van der Waals surface area contributed by atoms with E-state index in [2.05, 4.69) is 5.32 Å². The van der Waals surface area contributed by atoms with Crippen molar-refractivity contribution in [3.05, 3.63) is 0 Å². The Kier molecular flexibility index (Phi) is 2.05. The van der Waals surface area contributed by atoms with E-state index >= 15 is 0 Å². The first-order chi connectivity index (χ1) is 4.34. The Balaban J connectivity index is 2.16. The fourth-order valence-corrected chi connectivity index (χ4v) is 0.706. The predicted octanol–water partition coefficient (Wildman–Crippen LogP) is -0.231. The maximum Gasteiger partial charge on any atom is 0.227 e. The summed E-state index contributed by atoms with van der Waals surface area (Å²) in [5.41, 5.74) is 0. The first-order valence-corrected chi connectivity index (χ1v) is 3.20. The van der Waals surface area contributed by atoms with Gasteiger partial charge in [0.1, 0.15) is 0 Å². The minimum atomic E-state index is 0.128. The number of hydrogen-bond acceptors (Lipinski definition) is 2. The summed E-state index contributed by atoms with van der Waals surface area (Å²) >= 11 is 0. The number of hydrogen-bond donors (Lipinski definition) is 1. The highest BCUT2D eigenvalue weighted by Gasteiger charge is 2.25. The number of amides is 1. The topological polar surface area (TPSA) is 38.3 Å². The van der Waals surface area contributed by atoms with Crippen molar-refractivity contribution in [2.75, 3.05) is 19.8 Å². The molecule has 0 radical (unpaired) electrons. The van der Waals surface area contributed by atoms with Crippen molar-refractivity contribution in [2.24, 2.45) is 5.92 Å². The summed E-state index contributed by atoms with van der Waals surface area (Å²) in [5.74, 6) is 0.258. The van der Waals surface area contributed by atoms with Gasteiger partial charge in [-0.2, -0.15) is 0 Å². The quantitative estimate of drug-likeness (QED) is 0.559. The summed E-state index contributed by atoms with van der Waals surface area (Å²) in [4.78, 5) is 10.8. The normalized spacial score (nSPS) is 18.8. The molecule has 0 bridgehead atoms. The highest BCUT2D eigenvalue weighted by Crippen LogP contribution is 2.08. The number of ether oxygens (including phenoxy) is 1. The lowest BCUT2D eigenvalue weighted by atomic mass is 10.1. The second-order valence-electron chi connectivity index (χ2n) is 2.13. The van der Waals surface area contributed by atoms with Crippen molar-refractivity contribution in [3.8, 4) is 0 Å². The molecule has 1 fully saturated rings. The molecule has 52 valence electrons. The molecule has 3 heteroatoms. The molecule has 1 saturated heterocycles. The smallest absolute Gasteiger partial charge is 0.227 e. The van der Waals surface area contributed by atoms with E-state index in [4.69, 9.17) is 4.74 Å². The highest BCUT2D eigenvalue weighted by atomic mass is 16.5. The van der Waals surface area contributed by atoms with Crippen molar-refractivity contribution in [3.63, 3.8) is 0 Å². The van der Waals surface area contributed by atoms with Gasteiger partial charge in [0.25, 0.3) is 0 Å². The van der Waals surface area contributed by atoms with Crippen LogP contribution in [0.2, 0.25) is 0 Å². The molecular formula is C6H11NO2. The maximum atomic E-state index is 10.8. The second kappa shape index (κ2) is 2.82. The van der Waals surface area contributed by atoms with Crippen LogP contribution in [-0.4, -0.2) is 25.7 Å². The Morgan fingerprint density at radius 2 is 2.44 bits per heavy atom. The molecule has 1 rings (SSSR count). The fraction of sp³-hybridized carbons (Fsp3) is 0.833. The van der Waals surface area contributed by atoms with Crippen molar-refractivity contribution in [1.29, 1.82) is 0 Å². The van der Waals surface area contributed by atoms with Crippen molar-refractivity contribution < 1.29 is 9.53 Å². The Labute approximate surface area is 54.4 Å². The van der Waals surface area contributed by atoms with E-state index in [9.17, 15) is 4.79 Å². The molecule has 0 saturated carbocycles. The fourth-order valence-electron chi connectivity index (χ4n) is 0.706. The van der Waals surface area contributed by atoms with Crippen LogP contribution >= 0.6 is 0 Å². The molecule has 1 amide bonds. The van der Waals surface area contributed by atoms with Gasteiger partial charge in [0.15, 0.2) is 0 Å². The molecule has 0 aliphatic carbocycles. The first-order valence-electron chi connectivity index (χ1n) is 3.20. The molecule has 0 unspecified atom stereocenters. The lowest BCUT2D eigenvalue weighted by Crippen LogP contribution is -2.42. The molecule has 9 heavy (non-hydrogen) atoms. The van der Waals surface area contributed by atoms with E-state index < -0.39 is 0 Å². The minimum Gasteiger partial charge on any atom is -0.380 e. The van der Waals surface area contributed by atoms with E-state index in [1.807, 2.05) is 6.92 Å².